The first-order valence-electron chi connectivity index (χ1n) is 7.61. The van der Waals surface area contributed by atoms with Gasteiger partial charge in [0.05, 0.1) is 5.52 Å². The van der Waals surface area contributed by atoms with Gasteiger partial charge in [0.25, 0.3) is 5.56 Å². The van der Waals surface area contributed by atoms with Crippen molar-refractivity contribution in [2.45, 2.75) is 39.5 Å². The molecule has 2 rings (SSSR count). The summed E-state index contributed by atoms with van der Waals surface area (Å²) in [6, 6.07) is 7.16. The van der Waals surface area contributed by atoms with E-state index in [1.165, 1.54) is 11.6 Å². The van der Waals surface area contributed by atoms with Crippen LogP contribution in [0, 0.1) is 0 Å². The number of hydrogen-bond acceptors (Lipinski definition) is 2. The molecule has 0 fully saturated rings. The van der Waals surface area contributed by atoms with Crippen LogP contribution in [0.15, 0.2) is 35.1 Å². The lowest BCUT2D eigenvalue weighted by Crippen LogP contribution is -2.15. The Kier molecular flexibility index (Phi) is 4.84. The Morgan fingerprint density at radius 3 is 2.71 bits per heavy atom. The lowest BCUT2D eigenvalue weighted by molar-refractivity contribution is 0.479. The van der Waals surface area contributed by atoms with E-state index in [0.29, 0.717) is 0 Å². The van der Waals surface area contributed by atoms with Crippen LogP contribution >= 0.6 is 0 Å². The van der Waals surface area contributed by atoms with Crippen LogP contribution in [0.1, 0.15) is 45.1 Å². The van der Waals surface area contributed by atoms with Crippen molar-refractivity contribution in [1.82, 2.24) is 4.57 Å². The summed E-state index contributed by atoms with van der Waals surface area (Å²) in [5.74, 6) is 0.0715. The van der Waals surface area contributed by atoms with E-state index >= 15 is 0 Å². The lowest BCUT2D eigenvalue weighted by atomic mass is 9.95. The zero-order valence-electron chi connectivity index (χ0n) is 13.0. The van der Waals surface area contributed by atoms with Crippen LogP contribution in [0.2, 0.25) is 0 Å². The topological polar surface area (TPSA) is 42.2 Å². The third-order valence-electron chi connectivity index (χ3n) is 3.80. The van der Waals surface area contributed by atoms with E-state index in [1.54, 1.807) is 11.6 Å². The van der Waals surface area contributed by atoms with Crippen molar-refractivity contribution >= 4 is 16.5 Å². The summed E-state index contributed by atoms with van der Waals surface area (Å²) >= 11 is 0. The second-order valence-corrected chi connectivity index (χ2v) is 5.39. The molecule has 0 bridgehead atoms. The van der Waals surface area contributed by atoms with Crippen LogP contribution in [0.5, 0.6) is 5.75 Å². The van der Waals surface area contributed by atoms with Crippen LogP contribution in [-0.2, 0) is 7.05 Å². The van der Waals surface area contributed by atoms with E-state index in [0.717, 1.165) is 42.1 Å². The molecule has 3 nitrogen and oxygen atoms in total. The van der Waals surface area contributed by atoms with Gasteiger partial charge in [0.15, 0.2) is 0 Å². The van der Waals surface area contributed by atoms with E-state index in [1.807, 2.05) is 18.2 Å². The van der Waals surface area contributed by atoms with Crippen LogP contribution in [-0.4, -0.2) is 9.67 Å². The first kappa shape index (κ1) is 15.4. The Balaban J connectivity index is 2.74. The number of nitrogens with zero attached hydrogens (tertiary/aromatic N) is 1. The second kappa shape index (κ2) is 6.61. The Morgan fingerprint density at radius 2 is 2.05 bits per heavy atom. The summed E-state index contributed by atoms with van der Waals surface area (Å²) in [5, 5.41) is 11.0. The smallest absolute Gasteiger partial charge is 0.254 e. The van der Waals surface area contributed by atoms with E-state index in [2.05, 4.69) is 19.9 Å². The van der Waals surface area contributed by atoms with Gasteiger partial charge in [-0.05, 0) is 30.0 Å². The van der Waals surface area contributed by atoms with E-state index in [9.17, 15) is 9.90 Å². The van der Waals surface area contributed by atoms with Gasteiger partial charge in [-0.25, -0.2) is 0 Å². The third kappa shape index (κ3) is 3.02. The molecule has 0 radical (unpaired) electrons. The van der Waals surface area contributed by atoms with Gasteiger partial charge in [-0.15, -0.1) is 0 Å². The molecule has 0 aliphatic rings. The Hall–Kier alpha value is -2.03. The fourth-order valence-electron chi connectivity index (χ4n) is 2.70. The average molecular weight is 285 g/mol. The molecule has 0 atom stereocenters. The minimum Gasteiger partial charge on any atom is -0.507 e. The molecular formula is C18H23NO2. The number of aryl methyl sites for hydroxylation is 1. The van der Waals surface area contributed by atoms with Crippen LogP contribution in [0.25, 0.3) is 16.5 Å². The Bertz CT molecular complexity index is 726. The zero-order chi connectivity index (χ0) is 15.4. The number of aromatic nitrogens is 1. The first-order chi connectivity index (χ1) is 10.1. The second-order valence-electron chi connectivity index (χ2n) is 5.39. The van der Waals surface area contributed by atoms with Crippen molar-refractivity contribution in [3.63, 3.8) is 0 Å². The maximum Gasteiger partial charge on any atom is 0.254 e. The number of pyridine rings is 1. The minimum atomic E-state index is -0.188. The number of benzene rings is 1. The molecule has 112 valence electrons. The van der Waals surface area contributed by atoms with E-state index < -0.39 is 0 Å². The molecule has 21 heavy (non-hydrogen) atoms. The molecule has 0 amide bonds. The van der Waals surface area contributed by atoms with Gasteiger partial charge in [0.2, 0.25) is 0 Å². The van der Waals surface area contributed by atoms with Crippen LogP contribution in [0.3, 0.4) is 0 Å². The molecule has 0 unspecified atom stereocenters. The summed E-state index contributed by atoms with van der Waals surface area (Å²) in [4.78, 5) is 11.8. The number of rotatable bonds is 5. The van der Waals surface area contributed by atoms with E-state index in [4.69, 9.17) is 0 Å². The quantitative estimate of drug-likeness (QED) is 0.893. The van der Waals surface area contributed by atoms with Gasteiger partial charge < -0.3 is 9.67 Å². The molecule has 0 saturated heterocycles. The minimum absolute atomic E-state index is 0.0715. The van der Waals surface area contributed by atoms with Gasteiger partial charge in [0, 0.05) is 18.5 Å². The van der Waals surface area contributed by atoms with Gasteiger partial charge in [-0.2, -0.15) is 0 Å². The molecule has 0 aliphatic heterocycles. The largest absolute Gasteiger partial charge is 0.507 e. The Labute approximate surface area is 125 Å². The van der Waals surface area contributed by atoms with Gasteiger partial charge in [0.1, 0.15) is 5.75 Å². The molecular weight excluding hydrogens is 262 g/mol. The monoisotopic (exact) mass is 285 g/mol. The highest BCUT2D eigenvalue weighted by molar-refractivity contribution is 5.96. The molecule has 3 heteroatoms. The zero-order valence-corrected chi connectivity index (χ0v) is 13.0. The highest BCUT2D eigenvalue weighted by atomic mass is 16.3. The highest BCUT2D eigenvalue weighted by Crippen LogP contribution is 2.33. The molecule has 1 aromatic heterocycles. The molecule has 1 heterocycles. The van der Waals surface area contributed by atoms with Gasteiger partial charge >= 0.3 is 0 Å². The van der Waals surface area contributed by atoms with Crippen LogP contribution < -0.4 is 5.56 Å². The van der Waals surface area contributed by atoms with Gasteiger partial charge in [-0.1, -0.05) is 44.9 Å². The summed E-state index contributed by atoms with van der Waals surface area (Å²) in [6.07, 6.45) is 6.41. The number of hydrogen-bond donors (Lipinski definition) is 1. The number of fused-ring (bicyclic) bond motifs is 1. The van der Waals surface area contributed by atoms with Crippen molar-refractivity contribution < 1.29 is 5.11 Å². The fourth-order valence-corrected chi connectivity index (χ4v) is 2.70. The predicted molar refractivity (Wildman–Crippen MR) is 88.6 cm³/mol. The number of aromatic hydroxyl groups is 1. The van der Waals surface area contributed by atoms with Gasteiger partial charge in [-0.3, -0.25) is 4.79 Å². The third-order valence-corrected chi connectivity index (χ3v) is 3.80. The summed E-state index contributed by atoms with van der Waals surface area (Å²) in [7, 11) is 1.74. The number of unbranched alkanes of at least 4 members (excludes halogenated alkanes) is 1. The molecule has 0 aliphatic carbocycles. The van der Waals surface area contributed by atoms with Crippen LogP contribution in [0.4, 0.5) is 0 Å². The summed E-state index contributed by atoms with van der Waals surface area (Å²) in [6.45, 7) is 4.31. The van der Waals surface area contributed by atoms with Crippen molar-refractivity contribution in [1.29, 1.82) is 0 Å². The summed E-state index contributed by atoms with van der Waals surface area (Å²) in [5.41, 5.74) is 2.87. The highest BCUT2D eigenvalue weighted by Gasteiger charge is 2.12. The maximum absolute atomic E-state index is 11.8. The summed E-state index contributed by atoms with van der Waals surface area (Å²) < 4.78 is 1.59. The van der Waals surface area contributed by atoms with Crippen molar-refractivity contribution in [3.05, 3.63) is 46.3 Å². The first-order valence-corrected chi connectivity index (χ1v) is 7.61. The van der Waals surface area contributed by atoms with E-state index in [-0.39, 0.29) is 11.3 Å². The normalized spacial score (nSPS) is 12.0. The molecule has 1 aromatic carbocycles. The predicted octanol–water partition coefficient (Wildman–Crippen LogP) is 4.23. The molecule has 0 spiro atoms. The van der Waals surface area contributed by atoms with Crippen molar-refractivity contribution in [3.8, 4) is 5.75 Å². The molecule has 0 saturated carbocycles. The maximum atomic E-state index is 11.8. The standard InChI is InChI=1S/C18H23NO2/c1-4-6-9-13(8-5-2)14-10-7-11-15-18(14)16(20)12-17(21)19(15)3/h7,9-12,20H,4-6,8H2,1-3H3/b13-9+. The Morgan fingerprint density at radius 1 is 1.29 bits per heavy atom. The molecule has 2 aromatic rings. The average Bonchev–Trinajstić information content (AvgIpc) is 2.48. The fraction of sp³-hybridized carbons (Fsp3) is 0.389. The van der Waals surface area contributed by atoms with Crippen molar-refractivity contribution in [2.75, 3.05) is 0 Å². The van der Waals surface area contributed by atoms with Crippen molar-refractivity contribution in [2.24, 2.45) is 7.05 Å². The number of allylic oxidation sites excluding steroid dienone is 2. The molecule has 1 N–H and O–H groups in total. The SMILES string of the molecule is CCC/C=C(\CCC)c1cccc2c1c(O)cc(=O)n2C. The lowest BCUT2D eigenvalue weighted by Gasteiger charge is -2.14.